The van der Waals surface area contributed by atoms with E-state index < -0.39 is 0 Å². The molecule has 1 aromatic carbocycles. The lowest BCUT2D eigenvalue weighted by Crippen LogP contribution is -2.43. The summed E-state index contributed by atoms with van der Waals surface area (Å²) < 4.78 is 5.89. The van der Waals surface area contributed by atoms with E-state index >= 15 is 0 Å². The number of nitrogens with one attached hydrogen (secondary N) is 3. The third-order valence-corrected chi connectivity index (χ3v) is 3.43. The summed E-state index contributed by atoms with van der Waals surface area (Å²) >= 11 is 0. The van der Waals surface area contributed by atoms with E-state index in [1.807, 2.05) is 45.9 Å². The standard InChI is InChI=1S/C20H34N4O2/c1-7-21-19(23-14-18(25)24-20(4,5)6)22-12-13-26-17-11-9-8-10-16(17)15(2)3/h8-11,15H,7,12-14H2,1-6H3,(H,24,25)(H2,21,22,23). The second-order valence-electron chi connectivity index (χ2n) is 7.46. The van der Waals surface area contributed by atoms with E-state index in [2.05, 4.69) is 40.9 Å². The molecule has 26 heavy (non-hydrogen) atoms. The summed E-state index contributed by atoms with van der Waals surface area (Å²) in [7, 11) is 0. The fraction of sp³-hybridized carbons (Fsp3) is 0.600. The maximum Gasteiger partial charge on any atom is 0.242 e. The molecule has 0 spiro atoms. The summed E-state index contributed by atoms with van der Waals surface area (Å²) in [4.78, 5) is 16.2. The van der Waals surface area contributed by atoms with Crippen molar-refractivity contribution in [1.82, 2.24) is 16.0 Å². The number of rotatable bonds is 8. The molecule has 0 saturated heterocycles. The van der Waals surface area contributed by atoms with Crippen LogP contribution < -0.4 is 20.7 Å². The minimum Gasteiger partial charge on any atom is -0.491 e. The molecule has 0 aliphatic heterocycles. The Kier molecular flexibility index (Phi) is 8.96. The van der Waals surface area contributed by atoms with Crippen LogP contribution in [0, 0.1) is 0 Å². The van der Waals surface area contributed by atoms with Crippen molar-refractivity contribution >= 4 is 11.9 Å². The Morgan fingerprint density at radius 2 is 1.88 bits per heavy atom. The second-order valence-corrected chi connectivity index (χ2v) is 7.46. The summed E-state index contributed by atoms with van der Waals surface area (Å²) in [5.41, 5.74) is 0.947. The number of hydrogen-bond acceptors (Lipinski definition) is 3. The molecule has 0 unspecified atom stereocenters. The third-order valence-electron chi connectivity index (χ3n) is 3.43. The van der Waals surface area contributed by atoms with Gasteiger partial charge < -0.3 is 20.7 Å². The van der Waals surface area contributed by atoms with Crippen molar-refractivity contribution < 1.29 is 9.53 Å². The monoisotopic (exact) mass is 362 g/mol. The van der Waals surface area contributed by atoms with E-state index in [9.17, 15) is 4.79 Å². The van der Waals surface area contributed by atoms with Crippen LogP contribution in [0.4, 0.5) is 0 Å². The van der Waals surface area contributed by atoms with Crippen molar-refractivity contribution in [2.45, 2.75) is 53.0 Å². The van der Waals surface area contributed by atoms with Gasteiger partial charge in [0.1, 0.15) is 18.9 Å². The van der Waals surface area contributed by atoms with E-state index in [4.69, 9.17) is 4.74 Å². The molecular weight excluding hydrogens is 328 g/mol. The zero-order valence-electron chi connectivity index (χ0n) is 17.0. The first-order chi connectivity index (χ1) is 12.2. The summed E-state index contributed by atoms with van der Waals surface area (Å²) in [5, 5.41) is 9.22. The van der Waals surface area contributed by atoms with Gasteiger partial charge in [-0.3, -0.25) is 4.79 Å². The summed E-state index contributed by atoms with van der Waals surface area (Å²) in [6.07, 6.45) is 0. The van der Waals surface area contributed by atoms with Gasteiger partial charge in [-0.15, -0.1) is 0 Å². The first kappa shape index (κ1) is 21.8. The summed E-state index contributed by atoms with van der Waals surface area (Å²) in [6.45, 7) is 14.1. The quantitative estimate of drug-likeness (QED) is 0.378. The Morgan fingerprint density at radius 1 is 1.19 bits per heavy atom. The lowest BCUT2D eigenvalue weighted by atomic mass is 10.0. The molecule has 0 saturated carbocycles. The van der Waals surface area contributed by atoms with Gasteiger partial charge in [-0.25, -0.2) is 4.99 Å². The van der Waals surface area contributed by atoms with Gasteiger partial charge in [0.2, 0.25) is 5.91 Å². The Labute approximate surface area is 157 Å². The molecule has 0 aromatic heterocycles. The number of aliphatic imine (C=N–C) groups is 1. The zero-order valence-corrected chi connectivity index (χ0v) is 17.0. The minimum atomic E-state index is -0.254. The zero-order chi connectivity index (χ0) is 19.6. The molecular formula is C20H34N4O2. The van der Waals surface area contributed by atoms with Gasteiger partial charge in [-0.2, -0.15) is 0 Å². The van der Waals surface area contributed by atoms with Crippen molar-refractivity contribution in [3.8, 4) is 5.75 Å². The van der Waals surface area contributed by atoms with Gasteiger partial charge in [0.05, 0.1) is 6.54 Å². The molecule has 146 valence electrons. The normalized spacial score (nSPS) is 12.0. The molecule has 0 fully saturated rings. The Morgan fingerprint density at radius 3 is 2.50 bits per heavy atom. The molecule has 6 heteroatoms. The van der Waals surface area contributed by atoms with Crippen LogP contribution in [0.5, 0.6) is 5.75 Å². The molecule has 0 atom stereocenters. The maximum absolute atomic E-state index is 11.9. The minimum absolute atomic E-state index is 0.0869. The number of para-hydroxylation sites is 1. The first-order valence-corrected chi connectivity index (χ1v) is 9.28. The fourth-order valence-corrected chi connectivity index (χ4v) is 2.37. The number of benzene rings is 1. The van der Waals surface area contributed by atoms with E-state index in [1.165, 1.54) is 5.56 Å². The predicted molar refractivity (Wildman–Crippen MR) is 108 cm³/mol. The second kappa shape index (κ2) is 10.7. The Hall–Kier alpha value is -2.24. The largest absolute Gasteiger partial charge is 0.491 e. The van der Waals surface area contributed by atoms with Crippen LogP contribution in [0.2, 0.25) is 0 Å². The third kappa shape index (κ3) is 8.74. The number of amides is 1. The lowest BCUT2D eigenvalue weighted by molar-refractivity contribution is -0.121. The van der Waals surface area contributed by atoms with Crippen molar-refractivity contribution in [2.75, 3.05) is 26.2 Å². The maximum atomic E-state index is 11.9. The molecule has 1 amide bonds. The fourth-order valence-electron chi connectivity index (χ4n) is 2.37. The van der Waals surface area contributed by atoms with Crippen molar-refractivity contribution in [1.29, 1.82) is 0 Å². The van der Waals surface area contributed by atoms with Gasteiger partial charge in [-0.05, 0) is 45.2 Å². The lowest BCUT2D eigenvalue weighted by Gasteiger charge is -2.20. The average molecular weight is 363 g/mol. The van der Waals surface area contributed by atoms with Gasteiger partial charge in [-0.1, -0.05) is 32.0 Å². The van der Waals surface area contributed by atoms with Gasteiger partial charge >= 0.3 is 0 Å². The predicted octanol–water partition coefficient (Wildman–Crippen LogP) is 2.66. The van der Waals surface area contributed by atoms with Crippen LogP contribution in [-0.4, -0.2) is 43.6 Å². The molecule has 0 aliphatic rings. The highest BCUT2D eigenvalue weighted by Crippen LogP contribution is 2.25. The van der Waals surface area contributed by atoms with Crippen LogP contribution in [0.15, 0.2) is 29.3 Å². The van der Waals surface area contributed by atoms with Crippen LogP contribution >= 0.6 is 0 Å². The van der Waals surface area contributed by atoms with Gasteiger partial charge in [0.15, 0.2) is 5.96 Å². The topological polar surface area (TPSA) is 74.8 Å². The number of guanidine groups is 1. The summed E-state index contributed by atoms with van der Waals surface area (Å²) in [5.74, 6) is 1.84. The van der Waals surface area contributed by atoms with Gasteiger partial charge in [0, 0.05) is 12.1 Å². The van der Waals surface area contributed by atoms with E-state index in [-0.39, 0.29) is 18.0 Å². The average Bonchev–Trinajstić information content (AvgIpc) is 2.55. The van der Waals surface area contributed by atoms with Crippen molar-refractivity contribution in [2.24, 2.45) is 4.99 Å². The molecule has 0 radical (unpaired) electrons. The molecule has 0 heterocycles. The molecule has 6 nitrogen and oxygen atoms in total. The SMILES string of the molecule is CCNC(=NCC(=O)NC(C)(C)C)NCCOc1ccccc1C(C)C. The van der Waals surface area contributed by atoms with E-state index in [0.29, 0.717) is 25.0 Å². The van der Waals surface area contributed by atoms with Gasteiger partial charge in [0.25, 0.3) is 0 Å². The van der Waals surface area contributed by atoms with E-state index in [1.54, 1.807) is 0 Å². The number of carbonyl (C=O) groups is 1. The number of nitrogens with zero attached hydrogens (tertiary/aromatic N) is 1. The Balaban J connectivity index is 2.49. The molecule has 0 aliphatic carbocycles. The number of carbonyl (C=O) groups excluding carboxylic acids is 1. The molecule has 0 bridgehead atoms. The smallest absolute Gasteiger partial charge is 0.242 e. The van der Waals surface area contributed by atoms with E-state index in [0.717, 1.165) is 12.3 Å². The summed E-state index contributed by atoms with van der Waals surface area (Å²) in [6, 6.07) is 8.09. The molecule has 1 rings (SSSR count). The highest BCUT2D eigenvalue weighted by Gasteiger charge is 2.13. The first-order valence-electron chi connectivity index (χ1n) is 9.28. The highest BCUT2D eigenvalue weighted by atomic mass is 16.5. The van der Waals surface area contributed by atoms with Crippen LogP contribution in [-0.2, 0) is 4.79 Å². The molecule has 1 aromatic rings. The van der Waals surface area contributed by atoms with Crippen molar-refractivity contribution in [3.63, 3.8) is 0 Å². The Bertz CT molecular complexity index is 592. The number of hydrogen-bond donors (Lipinski definition) is 3. The van der Waals surface area contributed by atoms with Crippen LogP contribution in [0.3, 0.4) is 0 Å². The van der Waals surface area contributed by atoms with Crippen LogP contribution in [0.25, 0.3) is 0 Å². The van der Waals surface area contributed by atoms with Crippen LogP contribution in [0.1, 0.15) is 53.0 Å². The molecule has 3 N–H and O–H groups in total. The number of ether oxygens (including phenoxy) is 1. The van der Waals surface area contributed by atoms with Crippen molar-refractivity contribution in [3.05, 3.63) is 29.8 Å². The highest BCUT2D eigenvalue weighted by molar-refractivity contribution is 5.85.